The normalized spacial score (nSPS) is 12.2. The van der Waals surface area contributed by atoms with Crippen LogP contribution in [0, 0.1) is 0 Å². The number of H-pyrrole nitrogens is 2. The fraction of sp³-hybridized carbons (Fsp3) is 0.125. The van der Waals surface area contributed by atoms with E-state index in [0.717, 1.165) is 0 Å². The lowest BCUT2D eigenvalue weighted by atomic mass is 10.3. The molecule has 0 radical (unpaired) electrons. The molecule has 0 amide bonds. The second kappa shape index (κ2) is 5.66. The molecule has 4 N–H and O–H groups in total. The maximum atomic E-state index is 12.9. The third kappa shape index (κ3) is 2.58. The predicted molar refractivity (Wildman–Crippen MR) is 89.5 cm³/mol. The minimum absolute atomic E-state index is 0.120. The molecule has 0 aliphatic carbocycles. The fourth-order valence-corrected chi connectivity index (χ4v) is 4.02. The van der Waals surface area contributed by atoms with Crippen molar-refractivity contribution in [2.24, 2.45) is 0 Å². The first kappa shape index (κ1) is 15.8. The van der Waals surface area contributed by atoms with Gasteiger partial charge in [-0.25, -0.2) is 18.4 Å². The quantitative estimate of drug-likeness (QED) is 0.434. The number of imidazole rings is 2. The van der Waals surface area contributed by atoms with E-state index < -0.39 is 9.84 Å². The molecule has 128 valence electrons. The number of benzene rings is 2. The van der Waals surface area contributed by atoms with Crippen LogP contribution in [0.3, 0.4) is 0 Å². The molecule has 9 heteroatoms. The van der Waals surface area contributed by atoms with Crippen molar-refractivity contribution in [2.45, 2.75) is 23.0 Å². The van der Waals surface area contributed by atoms with Gasteiger partial charge in [0.05, 0.1) is 31.9 Å². The largest absolute Gasteiger partial charge is 0.388 e. The van der Waals surface area contributed by atoms with E-state index in [1.54, 1.807) is 12.1 Å². The Balaban J connectivity index is 1.82. The molecular weight excluding hydrogens is 344 g/mol. The van der Waals surface area contributed by atoms with Gasteiger partial charge in [0.15, 0.2) is 0 Å². The zero-order chi connectivity index (χ0) is 17.6. The van der Waals surface area contributed by atoms with Crippen LogP contribution < -0.4 is 0 Å². The number of aromatic amines is 2. The first-order valence-electron chi connectivity index (χ1n) is 7.45. The predicted octanol–water partition coefficient (Wildman–Crippen LogP) is 1.26. The van der Waals surface area contributed by atoms with Crippen LogP contribution in [0.1, 0.15) is 11.6 Å². The molecule has 25 heavy (non-hydrogen) atoms. The summed E-state index contributed by atoms with van der Waals surface area (Å²) in [5.74, 6) is 0.750. The first-order chi connectivity index (χ1) is 12.0. The van der Waals surface area contributed by atoms with Crippen molar-refractivity contribution in [1.29, 1.82) is 0 Å². The average Bonchev–Trinajstić information content (AvgIpc) is 3.23. The van der Waals surface area contributed by atoms with Crippen molar-refractivity contribution in [3.05, 3.63) is 48.0 Å². The molecule has 0 aliphatic rings. The van der Waals surface area contributed by atoms with E-state index >= 15 is 0 Å². The van der Waals surface area contributed by atoms with Crippen LogP contribution in [0.15, 0.2) is 46.2 Å². The molecule has 2 heterocycles. The van der Waals surface area contributed by atoms with Crippen molar-refractivity contribution in [3.8, 4) is 0 Å². The number of fused-ring (bicyclic) bond motifs is 2. The van der Waals surface area contributed by atoms with Gasteiger partial charge in [0.25, 0.3) is 0 Å². The molecule has 0 fully saturated rings. The van der Waals surface area contributed by atoms with Gasteiger partial charge < -0.3 is 20.2 Å². The van der Waals surface area contributed by atoms with Crippen LogP contribution in [0.5, 0.6) is 0 Å². The minimum atomic E-state index is -3.74. The van der Waals surface area contributed by atoms with Crippen molar-refractivity contribution in [3.63, 3.8) is 0 Å². The Hall–Kier alpha value is -2.75. The molecule has 0 saturated carbocycles. The molecule has 0 atom stereocenters. The van der Waals surface area contributed by atoms with Crippen LogP contribution >= 0.6 is 0 Å². The Morgan fingerprint density at radius 3 is 1.64 bits per heavy atom. The van der Waals surface area contributed by atoms with Gasteiger partial charge in [-0.15, -0.1) is 0 Å². The van der Waals surface area contributed by atoms with Gasteiger partial charge in [0, 0.05) is 0 Å². The van der Waals surface area contributed by atoms with Gasteiger partial charge in [0.2, 0.25) is 9.84 Å². The smallest absolute Gasteiger partial charge is 0.206 e. The van der Waals surface area contributed by atoms with Crippen LogP contribution in [0.2, 0.25) is 0 Å². The highest BCUT2D eigenvalue weighted by Gasteiger charge is 2.20. The monoisotopic (exact) mass is 358 g/mol. The molecule has 0 spiro atoms. The lowest BCUT2D eigenvalue weighted by Crippen LogP contribution is -2.01. The maximum absolute atomic E-state index is 12.9. The first-order valence-corrected chi connectivity index (χ1v) is 8.93. The van der Waals surface area contributed by atoms with E-state index in [-0.39, 0.29) is 23.0 Å². The van der Waals surface area contributed by atoms with Crippen molar-refractivity contribution >= 4 is 31.9 Å². The molecule has 4 aromatic rings. The summed E-state index contributed by atoms with van der Waals surface area (Å²) in [6, 6.07) is 9.14. The molecule has 2 aromatic carbocycles. The van der Waals surface area contributed by atoms with E-state index in [4.69, 9.17) is 10.2 Å². The average molecular weight is 358 g/mol. The fourth-order valence-electron chi connectivity index (χ4n) is 2.70. The summed E-state index contributed by atoms with van der Waals surface area (Å²) < 4.78 is 25.8. The van der Waals surface area contributed by atoms with Crippen LogP contribution in [0.4, 0.5) is 0 Å². The SMILES string of the molecule is O=S(=O)(c1ccc2nc(CO)[nH]c2c1)c1ccc2nc(CO)[nH]c2c1. The second-order valence-corrected chi connectivity index (χ2v) is 7.49. The third-order valence-electron chi connectivity index (χ3n) is 3.92. The summed E-state index contributed by atoms with van der Waals surface area (Å²) >= 11 is 0. The zero-order valence-electron chi connectivity index (χ0n) is 12.9. The summed E-state index contributed by atoms with van der Waals surface area (Å²) in [5, 5.41) is 18.3. The van der Waals surface area contributed by atoms with E-state index in [1.165, 1.54) is 24.3 Å². The molecule has 4 rings (SSSR count). The Bertz CT molecular complexity index is 1110. The zero-order valence-corrected chi connectivity index (χ0v) is 13.7. The van der Waals surface area contributed by atoms with Crippen molar-refractivity contribution in [1.82, 2.24) is 19.9 Å². The van der Waals surface area contributed by atoms with Gasteiger partial charge in [-0.3, -0.25) is 0 Å². The number of sulfone groups is 1. The van der Waals surface area contributed by atoms with E-state index in [2.05, 4.69) is 19.9 Å². The van der Waals surface area contributed by atoms with Crippen LogP contribution in [-0.4, -0.2) is 38.6 Å². The minimum Gasteiger partial charge on any atom is -0.388 e. The number of aliphatic hydroxyl groups excluding tert-OH is 2. The number of hydrogen-bond acceptors (Lipinski definition) is 6. The van der Waals surface area contributed by atoms with Crippen molar-refractivity contribution in [2.75, 3.05) is 0 Å². The van der Waals surface area contributed by atoms with Crippen LogP contribution in [-0.2, 0) is 23.1 Å². The van der Waals surface area contributed by atoms with Crippen LogP contribution in [0.25, 0.3) is 22.1 Å². The molecule has 0 unspecified atom stereocenters. The maximum Gasteiger partial charge on any atom is 0.206 e. The van der Waals surface area contributed by atoms with Gasteiger partial charge in [-0.2, -0.15) is 0 Å². The standard InChI is InChI=1S/C16H14N4O4S/c21-7-15-17-11-3-1-9(5-13(11)19-15)25(23,24)10-2-4-12-14(6-10)20-16(8-22)18-12/h1-6,21-22H,7-8H2,(H,17,19)(H,18,20). The summed E-state index contributed by atoms with van der Waals surface area (Å²) in [7, 11) is -3.74. The summed E-state index contributed by atoms with van der Waals surface area (Å²) in [4.78, 5) is 14.3. The highest BCUT2D eigenvalue weighted by atomic mass is 32.2. The topological polar surface area (TPSA) is 132 Å². The lowest BCUT2D eigenvalue weighted by molar-refractivity contribution is 0.273. The van der Waals surface area contributed by atoms with Gasteiger partial charge in [0.1, 0.15) is 24.9 Å². The number of aromatic nitrogens is 4. The number of rotatable bonds is 4. The Morgan fingerprint density at radius 1 is 0.800 bits per heavy atom. The molecule has 2 aromatic heterocycles. The molecule has 0 saturated heterocycles. The van der Waals surface area contributed by atoms with Crippen molar-refractivity contribution < 1.29 is 18.6 Å². The van der Waals surface area contributed by atoms with E-state index in [0.29, 0.717) is 33.7 Å². The Morgan fingerprint density at radius 2 is 1.24 bits per heavy atom. The molecular formula is C16H14N4O4S. The molecule has 0 bridgehead atoms. The summed E-state index contributed by atoms with van der Waals surface area (Å²) in [6.45, 7) is -0.499. The molecule has 8 nitrogen and oxygen atoms in total. The lowest BCUT2D eigenvalue weighted by Gasteiger charge is -2.04. The highest BCUT2D eigenvalue weighted by Crippen LogP contribution is 2.26. The second-order valence-electron chi connectivity index (χ2n) is 5.54. The van der Waals surface area contributed by atoms with E-state index in [1.807, 2.05) is 0 Å². The third-order valence-corrected chi connectivity index (χ3v) is 5.67. The highest BCUT2D eigenvalue weighted by molar-refractivity contribution is 7.91. The number of hydrogen-bond donors (Lipinski definition) is 4. The Kier molecular flexibility index (Phi) is 3.57. The summed E-state index contributed by atoms with van der Waals surface area (Å²) in [6.07, 6.45) is 0. The van der Waals surface area contributed by atoms with Gasteiger partial charge in [-0.1, -0.05) is 0 Å². The Labute approximate surface area is 142 Å². The molecule has 0 aliphatic heterocycles. The number of nitrogens with one attached hydrogen (secondary N) is 2. The van der Waals surface area contributed by atoms with Gasteiger partial charge in [-0.05, 0) is 36.4 Å². The van der Waals surface area contributed by atoms with Gasteiger partial charge >= 0.3 is 0 Å². The van der Waals surface area contributed by atoms with E-state index in [9.17, 15) is 8.42 Å². The summed E-state index contributed by atoms with van der Waals surface area (Å²) in [5.41, 5.74) is 2.24. The number of nitrogens with zero attached hydrogens (tertiary/aromatic N) is 2. The number of aliphatic hydroxyl groups is 2.